The molecular formula is C46H58BFN7O7S. The molecule has 335 valence electrons. The lowest BCUT2D eigenvalue weighted by atomic mass is 9.85. The average Bonchev–Trinajstić information content (AvgIpc) is 3.66. The van der Waals surface area contributed by atoms with Crippen LogP contribution in [0, 0.1) is 12.3 Å². The minimum absolute atomic E-state index is 0.0155. The zero-order valence-electron chi connectivity index (χ0n) is 36.4. The number of halogens is 1. The van der Waals surface area contributed by atoms with Crippen LogP contribution in [0.4, 0.5) is 10.2 Å². The highest BCUT2D eigenvalue weighted by Gasteiger charge is 2.53. The number of benzene rings is 2. The van der Waals surface area contributed by atoms with Gasteiger partial charge >= 0.3 is 7.69 Å². The Morgan fingerprint density at radius 1 is 1.05 bits per heavy atom. The van der Waals surface area contributed by atoms with E-state index in [0.29, 0.717) is 28.4 Å². The van der Waals surface area contributed by atoms with Gasteiger partial charge in [0.2, 0.25) is 11.8 Å². The van der Waals surface area contributed by atoms with Crippen LogP contribution in [0.1, 0.15) is 114 Å². The van der Waals surface area contributed by atoms with E-state index in [4.69, 9.17) is 15.0 Å². The van der Waals surface area contributed by atoms with Gasteiger partial charge in [0.05, 0.1) is 27.9 Å². The highest BCUT2D eigenvalue weighted by molar-refractivity contribution is 7.13. The maximum Gasteiger partial charge on any atom is 0.572 e. The molecule has 0 bridgehead atoms. The fraction of sp³-hybridized carbons (Fsp3) is 0.522. The van der Waals surface area contributed by atoms with Gasteiger partial charge in [0.1, 0.15) is 29.4 Å². The number of aromatic nitrogens is 3. The van der Waals surface area contributed by atoms with Crippen molar-refractivity contribution in [1.29, 1.82) is 0 Å². The summed E-state index contributed by atoms with van der Waals surface area (Å²) in [6, 6.07) is 12.7. The van der Waals surface area contributed by atoms with E-state index in [1.807, 2.05) is 43.3 Å². The summed E-state index contributed by atoms with van der Waals surface area (Å²) in [4.78, 5) is 47.2. The first-order valence-corrected chi connectivity index (χ1v) is 22.8. The number of nitrogen functional groups attached to an aromatic ring is 1. The predicted octanol–water partition coefficient (Wildman–Crippen LogP) is 6.69. The van der Waals surface area contributed by atoms with Gasteiger partial charge in [-0.15, -0.1) is 21.5 Å². The number of amides is 3. The maximum absolute atomic E-state index is 14.7. The topological polar surface area (TPSA) is 202 Å². The predicted molar refractivity (Wildman–Crippen MR) is 239 cm³/mol. The molecular weight excluding hydrogens is 824 g/mol. The standard InChI is InChI=1S/C46H58BFN7O7S/c1-27-39(63-26-51-27)29-17-18-30(24-50-42(58)36-22-31(56)25-55(36)43(59)40(45(2,3)4)52-44(60)46(48)19-20-46)38(21-29)62-47-61-32-13-7-5-11-28(12-6-8-14-32)34-23-35(53-54-41(34)49)33-15-9-10-16-37(33)57/h9-10,15-18,21,23,26,28,31-32,36,40,56-57H,5-8,11-14,19-20,22,24-25H2,1-4H3,(H2,49,54)(H,50,58)(H,52,60)/t28?,31-,32?,36+,40-/m1/s1. The number of likely N-dealkylation sites (tertiary alicyclic amines) is 1. The molecule has 2 aromatic carbocycles. The van der Waals surface area contributed by atoms with Gasteiger partial charge in [-0.25, -0.2) is 9.37 Å². The number of hydrogen-bond acceptors (Lipinski definition) is 12. The summed E-state index contributed by atoms with van der Waals surface area (Å²) in [7, 11) is 1.38. The molecule has 4 aromatic rings. The number of aliphatic hydroxyl groups excluding tert-OH is 1. The van der Waals surface area contributed by atoms with E-state index in [1.54, 1.807) is 38.4 Å². The van der Waals surface area contributed by atoms with E-state index in [2.05, 4.69) is 25.8 Å². The Labute approximate surface area is 372 Å². The Morgan fingerprint density at radius 2 is 1.76 bits per heavy atom. The minimum Gasteiger partial charge on any atom is -0.537 e. The molecule has 63 heavy (non-hydrogen) atoms. The number of β-amino-alcohol motifs (C(OH)–C–C–N with tert-alkyl or cyclic N) is 1. The van der Waals surface area contributed by atoms with Crippen LogP contribution in [0.5, 0.6) is 11.5 Å². The highest BCUT2D eigenvalue weighted by atomic mass is 32.1. The van der Waals surface area contributed by atoms with E-state index in [-0.39, 0.29) is 50.1 Å². The number of nitrogens with two attached hydrogens (primary N) is 1. The Kier molecular flexibility index (Phi) is 14.4. The van der Waals surface area contributed by atoms with E-state index < -0.39 is 47.0 Å². The molecule has 2 saturated carbocycles. The lowest BCUT2D eigenvalue weighted by Gasteiger charge is -2.35. The van der Waals surface area contributed by atoms with Crippen LogP contribution >= 0.6 is 11.3 Å². The van der Waals surface area contributed by atoms with Gasteiger partial charge in [0.15, 0.2) is 5.67 Å². The number of phenolic OH excluding ortho intramolecular Hbond substituents is 1. The Morgan fingerprint density at radius 3 is 2.43 bits per heavy atom. The van der Waals surface area contributed by atoms with Gasteiger partial charge in [-0.3, -0.25) is 14.4 Å². The van der Waals surface area contributed by atoms with Crippen molar-refractivity contribution in [2.24, 2.45) is 5.41 Å². The van der Waals surface area contributed by atoms with Gasteiger partial charge in [-0.2, -0.15) is 0 Å². The molecule has 7 rings (SSSR count). The van der Waals surface area contributed by atoms with Crippen molar-refractivity contribution in [3.05, 3.63) is 70.9 Å². The molecule has 3 fully saturated rings. The third-order valence-electron chi connectivity index (χ3n) is 12.4. The second-order valence-electron chi connectivity index (χ2n) is 18.3. The first kappa shape index (κ1) is 45.9. The molecule has 2 aliphatic carbocycles. The van der Waals surface area contributed by atoms with Crippen molar-refractivity contribution in [2.45, 2.75) is 141 Å². The Bertz CT molecular complexity index is 2260. The second kappa shape index (κ2) is 19.7. The molecule has 3 heterocycles. The van der Waals surface area contributed by atoms with Crippen LogP contribution in [-0.4, -0.2) is 92.2 Å². The highest BCUT2D eigenvalue weighted by Crippen LogP contribution is 2.41. The van der Waals surface area contributed by atoms with E-state index in [9.17, 15) is 29.0 Å². The number of hydrogen-bond donors (Lipinski definition) is 5. The molecule has 0 unspecified atom stereocenters. The third kappa shape index (κ3) is 11.2. The number of para-hydroxylation sites is 1. The lowest BCUT2D eigenvalue weighted by Crippen LogP contribution is -2.59. The largest absolute Gasteiger partial charge is 0.572 e. The molecule has 3 atom stereocenters. The molecule has 1 saturated heterocycles. The number of anilines is 1. The van der Waals surface area contributed by atoms with Gasteiger partial charge in [0, 0.05) is 42.3 Å². The molecule has 1 aliphatic heterocycles. The molecule has 1 radical (unpaired) electrons. The average molecular weight is 883 g/mol. The number of alkyl halides is 1. The first-order valence-electron chi connectivity index (χ1n) is 22.0. The number of carbonyl (C=O) groups is 3. The van der Waals surface area contributed by atoms with E-state index >= 15 is 0 Å². The number of nitrogens with one attached hydrogen (secondary N) is 2. The number of aryl methyl sites for hydroxylation is 1. The second-order valence-corrected chi connectivity index (χ2v) is 19.1. The van der Waals surface area contributed by atoms with Crippen molar-refractivity contribution < 1.29 is 38.3 Å². The molecule has 3 aliphatic rings. The van der Waals surface area contributed by atoms with E-state index in [1.165, 1.54) is 23.9 Å². The smallest absolute Gasteiger partial charge is 0.537 e. The van der Waals surface area contributed by atoms with Crippen molar-refractivity contribution >= 4 is 42.6 Å². The number of aromatic hydroxyl groups is 1. The van der Waals surface area contributed by atoms with Crippen LogP contribution in [0.2, 0.25) is 0 Å². The summed E-state index contributed by atoms with van der Waals surface area (Å²) in [6.45, 7) is 7.19. The van der Waals surface area contributed by atoms with Crippen molar-refractivity contribution in [2.75, 3.05) is 12.3 Å². The summed E-state index contributed by atoms with van der Waals surface area (Å²) >= 11 is 1.51. The van der Waals surface area contributed by atoms with Gasteiger partial charge in [-0.05, 0) is 86.6 Å². The maximum atomic E-state index is 14.7. The third-order valence-corrected chi connectivity index (χ3v) is 13.4. The summed E-state index contributed by atoms with van der Waals surface area (Å²) in [5, 5.41) is 35.1. The van der Waals surface area contributed by atoms with Crippen molar-refractivity contribution in [3.8, 4) is 33.2 Å². The monoisotopic (exact) mass is 882 g/mol. The van der Waals surface area contributed by atoms with E-state index in [0.717, 1.165) is 73.1 Å². The number of thiazole rings is 1. The minimum atomic E-state index is -1.97. The quantitative estimate of drug-likeness (QED) is 0.0896. The number of carbonyl (C=O) groups excluding carboxylic acids is 3. The van der Waals surface area contributed by atoms with Crippen molar-refractivity contribution in [1.82, 2.24) is 30.7 Å². The Hall–Kier alpha value is -5.13. The number of rotatable bonds is 13. The van der Waals surface area contributed by atoms with Crippen LogP contribution in [0.15, 0.2) is 54.0 Å². The van der Waals surface area contributed by atoms with Gasteiger partial charge < -0.3 is 40.8 Å². The van der Waals surface area contributed by atoms with Gasteiger partial charge in [-0.1, -0.05) is 70.7 Å². The van der Waals surface area contributed by atoms with Crippen LogP contribution in [0.25, 0.3) is 21.7 Å². The van der Waals surface area contributed by atoms with Crippen LogP contribution in [-0.2, 0) is 25.6 Å². The fourth-order valence-electron chi connectivity index (χ4n) is 8.53. The zero-order valence-corrected chi connectivity index (χ0v) is 37.3. The molecule has 3 amide bonds. The van der Waals surface area contributed by atoms with Crippen LogP contribution in [0.3, 0.4) is 0 Å². The molecule has 17 heteroatoms. The summed E-state index contributed by atoms with van der Waals surface area (Å²) in [5.74, 6) is -0.584. The summed E-state index contributed by atoms with van der Waals surface area (Å²) in [6.07, 6.45) is 6.54. The number of nitrogens with zero attached hydrogens (tertiary/aromatic N) is 4. The van der Waals surface area contributed by atoms with Crippen LogP contribution < -0.4 is 21.0 Å². The summed E-state index contributed by atoms with van der Waals surface area (Å²) < 4.78 is 27.1. The molecule has 14 nitrogen and oxygen atoms in total. The number of phenols is 1. The summed E-state index contributed by atoms with van der Waals surface area (Å²) in [5.41, 5.74) is 10.0. The zero-order chi connectivity index (χ0) is 44.9. The van der Waals surface area contributed by atoms with Crippen molar-refractivity contribution in [3.63, 3.8) is 0 Å². The fourth-order valence-corrected chi connectivity index (χ4v) is 9.33. The molecule has 6 N–H and O–H groups in total. The molecule has 0 spiro atoms. The number of aliphatic hydroxyl groups is 1. The normalized spacial score (nSPS) is 21.8. The van der Waals surface area contributed by atoms with Gasteiger partial charge in [0.25, 0.3) is 5.91 Å². The molecule has 2 aromatic heterocycles. The lowest BCUT2D eigenvalue weighted by molar-refractivity contribution is -0.145. The Balaban J connectivity index is 0.976. The first-order chi connectivity index (χ1) is 30.1. The SMILES string of the molecule is Cc1ncsc1-c1ccc(CNC(=O)[C@@H]2C[C@@H](O)CN2C(=O)[C@@H](NC(=O)C2(F)CC2)C(C)(C)C)c(O[B]OC2CCCCC(c3cc(-c4ccccc4O)nnc3N)CCCC2)c1.